The fraction of sp³-hybridized carbons (Fsp3) is 0.150. The molecule has 1 aromatic heterocycles. The van der Waals surface area contributed by atoms with Gasteiger partial charge in [0, 0.05) is 5.69 Å². The van der Waals surface area contributed by atoms with E-state index >= 15 is 0 Å². The van der Waals surface area contributed by atoms with Crippen LogP contribution < -0.4 is 10.7 Å². The van der Waals surface area contributed by atoms with Crippen molar-refractivity contribution in [2.45, 2.75) is 13.8 Å². The van der Waals surface area contributed by atoms with E-state index in [-0.39, 0.29) is 12.5 Å². The molecule has 27 heavy (non-hydrogen) atoms. The number of amides is 1. The highest BCUT2D eigenvalue weighted by atomic mass is 35.5. The van der Waals surface area contributed by atoms with Gasteiger partial charge in [0.2, 0.25) is 0 Å². The van der Waals surface area contributed by atoms with Gasteiger partial charge in [0.25, 0.3) is 5.91 Å². The van der Waals surface area contributed by atoms with E-state index in [2.05, 4.69) is 20.9 Å². The largest absolute Gasteiger partial charge is 0.376 e. The zero-order valence-corrected chi connectivity index (χ0v) is 15.9. The molecule has 7 heteroatoms. The molecule has 2 N–H and O–H groups in total. The highest BCUT2D eigenvalue weighted by Gasteiger charge is 2.13. The number of hydrogen-bond donors (Lipinski definition) is 2. The first-order chi connectivity index (χ1) is 13.0. The lowest BCUT2D eigenvalue weighted by atomic mass is 10.2. The van der Waals surface area contributed by atoms with Crippen LogP contribution in [0.3, 0.4) is 0 Å². The molecule has 3 aromatic rings. The van der Waals surface area contributed by atoms with E-state index in [1.165, 1.54) is 6.21 Å². The molecule has 0 bridgehead atoms. The number of rotatable bonds is 6. The smallest absolute Gasteiger partial charge is 0.259 e. The summed E-state index contributed by atoms with van der Waals surface area (Å²) in [6.07, 6.45) is 1.51. The summed E-state index contributed by atoms with van der Waals surface area (Å²) in [6, 6.07) is 17.4. The summed E-state index contributed by atoms with van der Waals surface area (Å²) in [6.45, 7) is 3.96. The Bertz CT molecular complexity index is 966. The number of aryl methyl sites for hydroxylation is 2. The van der Waals surface area contributed by atoms with Crippen LogP contribution in [0.4, 0.5) is 5.69 Å². The Morgan fingerprint density at radius 3 is 2.70 bits per heavy atom. The summed E-state index contributed by atoms with van der Waals surface area (Å²) in [5, 5.41) is 11.9. The third-order valence-electron chi connectivity index (χ3n) is 3.90. The molecule has 0 unspecified atom stereocenters. The molecule has 0 aliphatic rings. The summed E-state index contributed by atoms with van der Waals surface area (Å²) in [5.74, 6) is -0.253. The molecule has 0 aliphatic carbocycles. The van der Waals surface area contributed by atoms with E-state index in [1.807, 2.05) is 68.4 Å². The molecular formula is C20H20ClN5O. The summed E-state index contributed by atoms with van der Waals surface area (Å²) >= 11 is 6.42. The van der Waals surface area contributed by atoms with Gasteiger partial charge in [-0.3, -0.25) is 4.79 Å². The molecule has 0 fully saturated rings. The van der Waals surface area contributed by atoms with Crippen molar-refractivity contribution in [2.75, 3.05) is 11.9 Å². The Labute approximate surface area is 162 Å². The minimum Gasteiger partial charge on any atom is -0.376 e. The number of aromatic nitrogens is 2. The molecule has 0 saturated carbocycles. The van der Waals surface area contributed by atoms with Gasteiger partial charge in [-0.25, -0.2) is 10.1 Å². The fourth-order valence-corrected chi connectivity index (χ4v) is 2.86. The van der Waals surface area contributed by atoms with Crippen LogP contribution in [0.1, 0.15) is 16.8 Å². The SMILES string of the molecule is Cc1cccc(NCC(=O)N/N=C/c2c(C)nn(-c3ccccc3)c2Cl)c1. The maximum atomic E-state index is 11.9. The monoisotopic (exact) mass is 381 g/mol. The predicted octanol–water partition coefficient (Wildman–Crippen LogP) is 3.70. The first-order valence-corrected chi connectivity index (χ1v) is 8.85. The van der Waals surface area contributed by atoms with Crippen molar-refractivity contribution in [1.82, 2.24) is 15.2 Å². The van der Waals surface area contributed by atoms with Gasteiger partial charge in [-0.2, -0.15) is 10.2 Å². The van der Waals surface area contributed by atoms with Gasteiger partial charge in [-0.05, 0) is 43.7 Å². The Hall–Kier alpha value is -3.12. The standard InChI is InChI=1S/C20H20ClN5O/c1-14-7-6-8-16(11-14)22-13-19(27)24-23-12-18-15(2)25-26(20(18)21)17-9-4-3-5-10-17/h3-12,22H,13H2,1-2H3,(H,24,27)/b23-12+. The number of hydrazone groups is 1. The Balaban J connectivity index is 1.61. The highest BCUT2D eigenvalue weighted by molar-refractivity contribution is 6.32. The molecule has 6 nitrogen and oxygen atoms in total. The maximum absolute atomic E-state index is 11.9. The van der Waals surface area contributed by atoms with Gasteiger partial charge in [0.15, 0.2) is 0 Å². The molecule has 0 saturated heterocycles. The van der Waals surface area contributed by atoms with Crippen LogP contribution in [-0.2, 0) is 4.79 Å². The Morgan fingerprint density at radius 1 is 1.19 bits per heavy atom. The number of para-hydroxylation sites is 1. The van der Waals surface area contributed by atoms with Gasteiger partial charge < -0.3 is 5.32 Å². The lowest BCUT2D eigenvalue weighted by Crippen LogP contribution is -2.25. The second kappa shape index (κ2) is 8.51. The first-order valence-electron chi connectivity index (χ1n) is 8.47. The first kappa shape index (κ1) is 18.7. The second-order valence-corrected chi connectivity index (χ2v) is 6.41. The number of hydrogen-bond acceptors (Lipinski definition) is 4. The third kappa shape index (κ3) is 4.74. The minimum atomic E-state index is -0.253. The van der Waals surface area contributed by atoms with Crippen molar-refractivity contribution in [1.29, 1.82) is 0 Å². The predicted molar refractivity (Wildman–Crippen MR) is 109 cm³/mol. The van der Waals surface area contributed by atoms with Crippen molar-refractivity contribution in [3.05, 3.63) is 76.6 Å². The number of halogens is 1. The number of carbonyl (C=O) groups is 1. The van der Waals surface area contributed by atoms with Gasteiger partial charge in [-0.1, -0.05) is 41.9 Å². The number of benzene rings is 2. The molecule has 1 heterocycles. The average molecular weight is 382 g/mol. The number of nitrogens with zero attached hydrogens (tertiary/aromatic N) is 3. The van der Waals surface area contributed by atoms with E-state index in [4.69, 9.17) is 11.6 Å². The Kier molecular flexibility index (Phi) is 5.88. The van der Waals surface area contributed by atoms with Crippen molar-refractivity contribution in [3.8, 4) is 5.69 Å². The quantitative estimate of drug-likeness (QED) is 0.505. The lowest BCUT2D eigenvalue weighted by molar-refractivity contribution is -0.119. The van der Waals surface area contributed by atoms with Crippen LogP contribution in [0.2, 0.25) is 5.15 Å². The zero-order chi connectivity index (χ0) is 19.2. The van der Waals surface area contributed by atoms with E-state index in [9.17, 15) is 4.79 Å². The summed E-state index contributed by atoms with van der Waals surface area (Å²) in [5.41, 5.74) is 6.74. The molecule has 0 atom stereocenters. The number of carbonyl (C=O) groups excluding carboxylic acids is 1. The van der Waals surface area contributed by atoms with E-state index in [1.54, 1.807) is 4.68 Å². The van der Waals surface area contributed by atoms with Crippen LogP contribution in [0.15, 0.2) is 59.7 Å². The van der Waals surface area contributed by atoms with Crippen molar-refractivity contribution < 1.29 is 4.79 Å². The van der Waals surface area contributed by atoms with Gasteiger partial charge in [0.1, 0.15) is 5.15 Å². The average Bonchev–Trinajstić information content (AvgIpc) is 2.95. The van der Waals surface area contributed by atoms with Crippen LogP contribution in [-0.4, -0.2) is 28.4 Å². The van der Waals surface area contributed by atoms with E-state index in [0.717, 1.165) is 22.6 Å². The minimum absolute atomic E-state index is 0.122. The lowest BCUT2D eigenvalue weighted by Gasteiger charge is -2.05. The Morgan fingerprint density at radius 2 is 1.96 bits per heavy atom. The molecule has 3 rings (SSSR count). The summed E-state index contributed by atoms with van der Waals surface area (Å²) in [4.78, 5) is 11.9. The molecule has 2 aromatic carbocycles. The van der Waals surface area contributed by atoms with E-state index < -0.39 is 0 Å². The number of anilines is 1. The van der Waals surface area contributed by atoms with Crippen molar-refractivity contribution in [2.24, 2.45) is 5.10 Å². The second-order valence-electron chi connectivity index (χ2n) is 6.05. The fourth-order valence-electron chi connectivity index (χ4n) is 2.54. The van der Waals surface area contributed by atoms with Crippen LogP contribution in [0.25, 0.3) is 5.69 Å². The van der Waals surface area contributed by atoms with E-state index in [0.29, 0.717) is 10.7 Å². The van der Waals surface area contributed by atoms with Gasteiger partial charge in [0.05, 0.1) is 29.7 Å². The van der Waals surface area contributed by atoms with Crippen LogP contribution in [0.5, 0.6) is 0 Å². The maximum Gasteiger partial charge on any atom is 0.259 e. The van der Waals surface area contributed by atoms with Crippen LogP contribution >= 0.6 is 11.6 Å². The third-order valence-corrected chi connectivity index (χ3v) is 4.27. The molecule has 1 amide bonds. The molecular weight excluding hydrogens is 362 g/mol. The number of nitrogens with one attached hydrogen (secondary N) is 2. The summed E-state index contributed by atoms with van der Waals surface area (Å²) in [7, 11) is 0. The molecule has 0 aliphatic heterocycles. The zero-order valence-electron chi connectivity index (χ0n) is 15.1. The van der Waals surface area contributed by atoms with Gasteiger partial charge in [-0.15, -0.1) is 0 Å². The summed E-state index contributed by atoms with van der Waals surface area (Å²) < 4.78 is 1.64. The normalized spacial score (nSPS) is 10.9. The van der Waals surface area contributed by atoms with Crippen molar-refractivity contribution >= 4 is 29.4 Å². The van der Waals surface area contributed by atoms with Crippen molar-refractivity contribution in [3.63, 3.8) is 0 Å². The molecule has 0 radical (unpaired) electrons. The molecule has 0 spiro atoms. The van der Waals surface area contributed by atoms with Crippen LogP contribution in [0, 0.1) is 13.8 Å². The topological polar surface area (TPSA) is 71.3 Å². The highest BCUT2D eigenvalue weighted by Crippen LogP contribution is 2.21. The van der Waals surface area contributed by atoms with Gasteiger partial charge >= 0.3 is 0 Å². The molecule has 138 valence electrons.